The number of nitrogens with zero attached hydrogens (tertiary/aromatic N) is 1. The van der Waals surface area contributed by atoms with Gasteiger partial charge in [-0.25, -0.2) is 17.2 Å². The molecule has 9 heteroatoms. The molecule has 0 saturated carbocycles. The summed E-state index contributed by atoms with van der Waals surface area (Å²) in [6.45, 7) is 0. The average molecular weight is 379 g/mol. The Balaban J connectivity index is 2.50. The maximum Gasteiger partial charge on any atom is 0.274 e. The van der Waals surface area contributed by atoms with Crippen LogP contribution in [0.3, 0.4) is 0 Å². The number of anilines is 1. The Morgan fingerprint density at radius 2 is 1.90 bits per heavy atom. The van der Waals surface area contributed by atoms with Gasteiger partial charge in [0.1, 0.15) is 22.2 Å². The van der Waals surface area contributed by atoms with Crippen molar-refractivity contribution in [3.8, 4) is 0 Å². The third-order valence-electron chi connectivity index (χ3n) is 2.58. The second-order valence-corrected chi connectivity index (χ2v) is 6.73. The minimum Gasteiger partial charge on any atom is -0.316 e. The lowest BCUT2D eigenvalue weighted by atomic mass is 10.3. The van der Waals surface area contributed by atoms with Crippen LogP contribution in [0.15, 0.2) is 44.6 Å². The Labute approximate surface area is 127 Å². The van der Waals surface area contributed by atoms with Gasteiger partial charge in [0.2, 0.25) is 0 Å². The molecule has 1 heterocycles. The predicted octanol–water partition coefficient (Wildman–Crippen LogP) is 2.23. The molecule has 0 aliphatic heterocycles. The summed E-state index contributed by atoms with van der Waals surface area (Å²) >= 11 is 3.12. The molecule has 0 atom stereocenters. The molecule has 21 heavy (non-hydrogen) atoms. The van der Waals surface area contributed by atoms with E-state index >= 15 is 0 Å². The van der Waals surface area contributed by atoms with E-state index in [0.29, 0.717) is 10.5 Å². The summed E-state index contributed by atoms with van der Waals surface area (Å²) in [5, 5.41) is 0. The van der Waals surface area contributed by atoms with E-state index in [0.717, 1.165) is 16.7 Å². The fourth-order valence-electron chi connectivity index (χ4n) is 1.64. The van der Waals surface area contributed by atoms with Crippen LogP contribution in [0.25, 0.3) is 0 Å². The number of hydrogen-bond donors (Lipinski definition) is 1. The number of rotatable bonds is 3. The van der Waals surface area contributed by atoms with Crippen LogP contribution in [0.2, 0.25) is 0 Å². The number of nitrogens with one attached hydrogen (secondary N) is 1. The summed E-state index contributed by atoms with van der Waals surface area (Å²) < 4.78 is 54.1. The van der Waals surface area contributed by atoms with E-state index in [1.165, 1.54) is 19.3 Å². The molecular formula is C12H9BrF2N2O3S. The van der Waals surface area contributed by atoms with E-state index in [-0.39, 0.29) is 5.69 Å². The summed E-state index contributed by atoms with van der Waals surface area (Å²) in [5.74, 6) is -2.14. The number of aromatic nitrogens is 1. The van der Waals surface area contributed by atoms with Gasteiger partial charge in [0.25, 0.3) is 15.6 Å². The number of pyridine rings is 1. The van der Waals surface area contributed by atoms with Crippen molar-refractivity contribution in [1.29, 1.82) is 0 Å². The number of benzene rings is 1. The van der Waals surface area contributed by atoms with Crippen molar-refractivity contribution in [2.45, 2.75) is 4.90 Å². The largest absolute Gasteiger partial charge is 0.316 e. The summed E-state index contributed by atoms with van der Waals surface area (Å²) in [6.07, 6.45) is 1.44. The first-order chi connectivity index (χ1) is 9.70. The van der Waals surface area contributed by atoms with Crippen LogP contribution in [0.5, 0.6) is 0 Å². The van der Waals surface area contributed by atoms with Gasteiger partial charge in [-0.1, -0.05) is 0 Å². The minimum absolute atomic E-state index is 0.254. The number of hydrogen-bond acceptors (Lipinski definition) is 3. The van der Waals surface area contributed by atoms with Crippen molar-refractivity contribution < 1.29 is 17.2 Å². The lowest BCUT2D eigenvalue weighted by molar-refractivity contribution is 0.551. The molecule has 0 amide bonds. The first-order valence-electron chi connectivity index (χ1n) is 5.55. The van der Waals surface area contributed by atoms with Crippen LogP contribution in [-0.4, -0.2) is 13.0 Å². The maximum atomic E-state index is 13.6. The van der Waals surface area contributed by atoms with Gasteiger partial charge in [0, 0.05) is 23.8 Å². The van der Waals surface area contributed by atoms with Crippen molar-refractivity contribution in [3.05, 3.63) is 56.9 Å². The fourth-order valence-corrected chi connectivity index (χ4v) is 3.28. The second-order valence-electron chi connectivity index (χ2n) is 4.17. The SMILES string of the molecule is Cn1cc(Br)cc(NS(=O)(=O)c2ccc(F)cc2F)c1=O. The van der Waals surface area contributed by atoms with Gasteiger partial charge in [-0.2, -0.15) is 0 Å². The van der Waals surface area contributed by atoms with Crippen LogP contribution in [0.4, 0.5) is 14.5 Å². The molecule has 0 aliphatic rings. The van der Waals surface area contributed by atoms with Crippen molar-refractivity contribution in [2.24, 2.45) is 7.05 Å². The lowest BCUT2D eigenvalue weighted by Gasteiger charge is -2.10. The van der Waals surface area contributed by atoms with Gasteiger partial charge in [-0.15, -0.1) is 0 Å². The highest BCUT2D eigenvalue weighted by molar-refractivity contribution is 9.10. The molecular weight excluding hydrogens is 370 g/mol. The van der Waals surface area contributed by atoms with E-state index in [1.807, 2.05) is 4.72 Å². The van der Waals surface area contributed by atoms with E-state index in [1.54, 1.807) is 0 Å². The highest BCUT2D eigenvalue weighted by Crippen LogP contribution is 2.19. The Morgan fingerprint density at radius 3 is 2.52 bits per heavy atom. The Bertz CT molecular complexity index is 865. The van der Waals surface area contributed by atoms with Crippen molar-refractivity contribution >= 4 is 31.6 Å². The normalized spacial score (nSPS) is 11.4. The Kier molecular flexibility index (Phi) is 4.15. The standard InChI is InChI=1S/C12H9BrF2N2O3S/c1-17-6-7(13)4-10(12(17)18)16-21(19,20)11-3-2-8(14)5-9(11)15/h2-6,16H,1H3. The molecule has 0 unspecified atom stereocenters. The van der Waals surface area contributed by atoms with E-state index < -0.39 is 32.1 Å². The van der Waals surface area contributed by atoms with Crippen molar-refractivity contribution in [2.75, 3.05) is 4.72 Å². The Morgan fingerprint density at radius 1 is 1.24 bits per heavy atom. The van der Waals surface area contributed by atoms with Gasteiger partial charge >= 0.3 is 0 Å². The monoisotopic (exact) mass is 378 g/mol. The summed E-state index contributed by atoms with van der Waals surface area (Å²) in [5.41, 5.74) is -0.861. The molecule has 112 valence electrons. The van der Waals surface area contributed by atoms with Gasteiger partial charge < -0.3 is 4.57 Å². The lowest BCUT2D eigenvalue weighted by Crippen LogP contribution is -2.24. The molecule has 5 nitrogen and oxygen atoms in total. The van der Waals surface area contributed by atoms with Crippen LogP contribution in [-0.2, 0) is 17.1 Å². The summed E-state index contributed by atoms with van der Waals surface area (Å²) in [6, 6.07) is 3.31. The van der Waals surface area contributed by atoms with Crippen LogP contribution < -0.4 is 10.3 Å². The highest BCUT2D eigenvalue weighted by Gasteiger charge is 2.21. The van der Waals surface area contributed by atoms with Crippen molar-refractivity contribution in [3.63, 3.8) is 0 Å². The molecule has 2 rings (SSSR count). The van der Waals surface area contributed by atoms with Crippen molar-refractivity contribution in [1.82, 2.24) is 4.57 Å². The van der Waals surface area contributed by atoms with Crippen LogP contribution in [0, 0.1) is 11.6 Å². The summed E-state index contributed by atoms with van der Waals surface area (Å²) in [4.78, 5) is 11.1. The molecule has 0 bridgehead atoms. The topological polar surface area (TPSA) is 68.2 Å². The number of halogens is 3. The third kappa shape index (κ3) is 3.30. The van der Waals surface area contributed by atoms with Gasteiger partial charge in [0.05, 0.1) is 0 Å². The fraction of sp³-hybridized carbons (Fsp3) is 0.0833. The van der Waals surface area contributed by atoms with Gasteiger partial charge in [-0.3, -0.25) is 9.52 Å². The van der Waals surface area contributed by atoms with E-state index in [2.05, 4.69) is 15.9 Å². The smallest absolute Gasteiger partial charge is 0.274 e. The Hall–Kier alpha value is -1.74. The molecule has 0 spiro atoms. The molecule has 0 fully saturated rings. The highest BCUT2D eigenvalue weighted by atomic mass is 79.9. The molecule has 0 radical (unpaired) electrons. The third-order valence-corrected chi connectivity index (χ3v) is 4.41. The second kappa shape index (κ2) is 5.57. The predicted molar refractivity (Wildman–Crippen MR) is 76.5 cm³/mol. The molecule has 2 aromatic rings. The van der Waals surface area contributed by atoms with Crippen LogP contribution >= 0.6 is 15.9 Å². The number of aryl methyl sites for hydroxylation is 1. The average Bonchev–Trinajstić information content (AvgIpc) is 2.34. The molecule has 0 aliphatic carbocycles. The van der Waals surface area contributed by atoms with Crippen LogP contribution in [0.1, 0.15) is 0 Å². The number of sulfonamides is 1. The zero-order valence-corrected chi connectivity index (χ0v) is 13.0. The van der Waals surface area contributed by atoms with E-state index in [9.17, 15) is 22.0 Å². The molecule has 1 N–H and O–H groups in total. The molecule has 1 aromatic carbocycles. The summed E-state index contributed by atoms with van der Waals surface area (Å²) in [7, 11) is -2.91. The van der Waals surface area contributed by atoms with Gasteiger partial charge in [0.15, 0.2) is 0 Å². The zero-order valence-electron chi connectivity index (χ0n) is 10.6. The maximum absolute atomic E-state index is 13.6. The van der Waals surface area contributed by atoms with E-state index in [4.69, 9.17) is 0 Å². The first kappa shape index (κ1) is 15.6. The quantitative estimate of drug-likeness (QED) is 0.890. The molecule has 1 aromatic heterocycles. The minimum atomic E-state index is -4.34. The molecule has 0 saturated heterocycles. The first-order valence-corrected chi connectivity index (χ1v) is 7.82. The zero-order chi connectivity index (χ0) is 15.8. The van der Waals surface area contributed by atoms with Gasteiger partial charge in [-0.05, 0) is 34.1 Å².